The molecule has 0 fully saturated rings. The van der Waals surface area contributed by atoms with Crippen LogP contribution in [0.4, 0.5) is 0 Å². The van der Waals surface area contributed by atoms with Gasteiger partial charge in [0, 0.05) is 0 Å². The third-order valence-electron chi connectivity index (χ3n) is 1.73. The average molecular weight is 166 g/mol. The van der Waals surface area contributed by atoms with Crippen molar-refractivity contribution in [1.82, 2.24) is 10.6 Å². The van der Waals surface area contributed by atoms with Gasteiger partial charge in [-0.05, 0) is 32.4 Å². The first-order valence-electron chi connectivity index (χ1n) is 4.55. The van der Waals surface area contributed by atoms with Crippen molar-refractivity contribution in [2.75, 3.05) is 13.1 Å². The van der Waals surface area contributed by atoms with E-state index >= 15 is 0 Å². The topological polar surface area (TPSA) is 38.5 Å². The number of aliphatic imine (C=N–C) groups is 1. The lowest BCUT2D eigenvalue weighted by molar-refractivity contribution is 0.637. The van der Waals surface area contributed by atoms with Crippen LogP contribution in [0.2, 0.25) is 0 Å². The van der Waals surface area contributed by atoms with Gasteiger partial charge < -0.3 is 5.32 Å². The molecule has 0 bridgehead atoms. The van der Waals surface area contributed by atoms with Gasteiger partial charge in [-0.2, -0.15) is 0 Å². The summed E-state index contributed by atoms with van der Waals surface area (Å²) in [5.74, 6) is 0. The van der Waals surface area contributed by atoms with Gasteiger partial charge in [0.15, 0.2) is 0 Å². The van der Waals surface area contributed by atoms with Crippen molar-refractivity contribution in [2.45, 2.75) is 26.2 Å². The standard InChI is InChI=1S/C9H16N3/c1-2-5-10-6-3-4-9-7-11-8-12-9/h7-8,10H,2-6H2,1H3. The molecule has 1 rings (SSSR count). The van der Waals surface area contributed by atoms with Crippen LogP contribution in [0.3, 0.4) is 0 Å². The number of nitrogens with one attached hydrogen (secondary N) is 1. The van der Waals surface area contributed by atoms with Crippen LogP contribution in [-0.4, -0.2) is 19.4 Å². The summed E-state index contributed by atoms with van der Waals surface area (Å²) in [7, 11) is 0. The summed E-state index contributed by atoms with van der Waals surface area (Å²) in [4.78, 5) is 4.10. The van der Waals surface area contributed by atoms with Gasteiger partial charge in [0.2, 0.25) is 0 Å². The van der Waals surface area contributed by atoms with Crippen molar-refractivity contribution in [3.8, 4) is 0 Å². The van der Waals surface area contributed by atoms with E-state index < -0.39 is 0 Å². The largest absolute Gasteiger partial charge is 0.317 e. The van der Waals surface area contributed by atoms with E-state index in [2.05, 4.69) is 22.5 Å². The van der Waals surface area contributed by atoms with E-state index in [-0.39, 0.29) is 0 Å². The van der Waals surface area contributed by atoms with Crippen molar-refractivity contribution >= 4 is 6.34 Å². The molecule has 0 amide bonds. The molecule has 1 aliphatic rings. The molecule has 3 nitrogen and oxygen atoms in total. The molecule has 1 aliphatic heterocycles. The Bertz CT molecular complexity index is 173. The fourth-order valence-electron chi connectivity index (χ4n) is 1.09. The normalized spacial score (nSPS) is 14.6. The summed E-state index contributed by atoms with van der Waals surface area (Å²) < 4.78 is 0. The van der Waals surface area contributed by atoms with E-state index in [1.807, 2.05) is 6.20 Å². The molecule has 0 aromatic heterocycles. The van der Waals surface area contributed by atoms with Gasteiger partial charge in [-0.15, -0.1) is 0 Å². The van der Waals surface area contributed by atoms with Gasteiger partial charge in [0.25, 0.3) is 0 Å². The lowest BCUT2D eigenvalue weighted by Gasteiger charge is -2.01. The highest BCUT2D eigenvalue weighted by atomic mass is 15.0. The Hall–Kier alpha value is -0.830. The van der Waals surface area contributed by atoms with Crippen LogP contribution in [0.5, 0.6) is 0 Å². The Morgan fingerprint density at radius 1 is 1.42 bits per heavy atom. The molecular formula is C9H16N3. The monoisotopic (exact) mass is 166 g/mol. The zero-order chi connectivity index (χ0) is 8.65. The third kappa shape index (κ3) is 3.53. The van der Waals surface area contributed by atoms with Crippen LogP contribution >= 0.6 is 0 Å². The molecule has 0 aliphatic carbocycles. The van der Waals surface area contributed by atoms with Gasteiger partial charge in [-0.1, -0.05) is 6.92 Å². The molecule has 0 unspecified atom stereocenters. The molecule has 1 radical (unpaired) electrons. The predicted molar refractivity (Wildman–Crippen MR) is 51.1 cm³/mol. The third-order valence-corrected chi connectivity index (χ3v) is 1.73. The molecule has 0 spiro atoms. The smallest absolute Gasteiger partial charge is 0.115 e. The SMILES string of the molecule is CCCNCCCC1=C[N]C=N1. The maximum atomic E-state index is 4.10. The first-order chi connectivity index (χ1) is 5.93. The summed E-state index contributed by atoms with van der Waals surface area (Å²) in [6, 6.07) is 0. The van der Waals surface area contributed by atoms with Crippen molar-refractivity contribution in [2.24, 2.45) is 4.99 Å². The highest BCUT2D eigenvalue weighted by Crippen LogP contribution is 2.07. The zero-order valence-corrected chi connectivity index (χ0v) is 7.58. The molecule has 1 N–H and O–H groups in total. The van der Waals surface area contributed by atoms with Crippen LogP contribution in [0.1, 0.15) is 26.2 Å². The summed E-state index contributed by atoms with van der Waals surface area (Å²) in [5, 5.41) is 7.26. The number of hydrogen-bond acceptors (Lipinski definition) is 2. The molecule has 12 heavy (non-hydrogen) atoms. The lowest BCUT2D eigenvalue weighted by Crippen LogP contribution is -2.15. The fourth-order valence-corrected chi connectivity index (χ4v) is 1.09. The molecular weight excluding hydrogens is 150 g/mol. The number of allylic oxidation sites excluding steroid dienone is 1. The molecule has 0 saturated carbocycles. The molecule has 0 aromatic carbocycles. The highest BCUT2D eigenvalue weighted by Gasteiger charge is 1.98. The van der Waals surface area contributed by atoms with Crippen LogP contribution in [0.25, 0.3) is 0 Å². The lowest BCUT2D eigenvalue weighted by atomic mass is 10.2. The van der Waals surface area contributed by atoms with Gasteiger partial charge >= 0.3 is 0 Å². The van der Waals surface area contributed by atoms with Crippen LogP contribution in [0, 0.1) is 0 Å². The molecule has 0 saturated heterocycles. The molecule has 0 atom stereocenters. The van der Waals surface area contributed by atoms with Crippen LogP contribution in [-0.2, 0) is 0 Å². The summed E-state index contributed by atoms with van der Waals surface area (Å²) in [5.41, 5.74) is 1.10. The Kier molecular flexibility index (Phi) is 4.46. The Morgan fingerprint density at radius 3 is 3.00 bits per heavy atom. The van der Waals surface area contributed by atoms with Gasteiger partial charge in [-0.25, -0.2) is 10.3 Å². The average Bonchev–Trinajstić information content (AvgIpc) is 2.57. The maximum Gasteiger partial charge on any atom is 0.115 e. The maximum absolute atomic E-state index is 4.10. The minimum Gasteiger partial charge on any atom is -0.317 e. The van der Waals surface area contributed by atoms with Crippen molar-refractivity contribution in [1.29, 1.82) is 0 Å². The molecule has 3 heteroatoms. The highest BCUT2D eigenvalue weighted by molar-refractivity contribution is 5.60. The van der Waals surface area contributed by atoms with Gasteiger partial charge in [0.1, 0.15) is 6.34 Å². The second-order valence-electron chi connectivity index (χ2n) is 2.87. The number of hydrogen-bond donors (Lipinski definition) is 1. The molecule has 0 aromatic rings. The van der Waals surface area contributed by atoms with Gasteiger partial charge in [-0.3, -0.25) is 0 Å². The molecule has 1 heterocycles. The van der Waals surface area contributed by atoms with E-state index in [0.29, 0.717) is 0 Å². The Labute approximate surface area is 74.0 Å². The number of nitrogens with zero attached hydrogens (tertiary/aromatic N) is 2. The van der Waals surface area contributed by atoms with Crippen LogP contribution < -0.4 is 10.6 Å². The Morgan fingerprint density at radius 2 is 2.33 bits per heavy atom. The van der Waals surface area contributed by atoms with Crippen molar-refractivity contribution in [3.05, 3.63) is 11.9 Å². The first-order valence-corrected chi connectivity index (χ1v) is 4.55. The van der Waals surface area contributed by atoms with Crippen LogP contribution in [0.15, 0.2) is 16.9 Å². The van der Waals surface area contributed by atoms with Gasteiger partial charge in [0.05, 0.1) is 11.9 Å². The Balaban J connectivity index is 1.92. The van der Waals surface area contributed by atoms with Crippen molar-refractivity contribution in [3.63, 3.8) is 0 Å². The van der Waals surface area contributed by atoms with E-state index in [9.17, 15) is 0 Å². The fraction of sp³-hybridized carbons (Fsp3) is 0.667. The van der Waals surface area contributed by atoms with Crippen molar-refractivity contribution < 1.29 is 0 Å². The molecule has 67 valence electrons. The quantitative estimate of drug-likeness (QED) is 0.593. The van der Waals surface area contributed by atoms with E-state index in [4.69, 9.17) is 0 Å². The minimum atomic E-state index is 1.04. The summed E-state index contributed by atoms with van der Waals surface area (Å²) in [6.45, 7) is 4.38. The number of rotatable bonds is 6. The second-order valence-corrected chi connectivity index (χ2v) is 2.87. The first kappa shape index (κ1) is 9.26. The van der Waals surface area contributed by atoms with E-state index in [0.717, 1.165) is 31.6 Å². The second kappa shape index (κ2) is 5.77. The van der Waals surface area contributed by atoms with E-state index in [1.165, 1.54) is 6.42 Å². The summed E-state index contributed by atoms with van der Waals surface area (Å²) >= 11 is 0. The van der Waals surface area contributed by atoms with E-state index in [1.54, 1.807) is 6.34 Å². The summed E-state index contributed by atoms with van der Waals surface area (Å²) in [6.07, 6.45) is 6.83. The predicted octanol–water partition coefficient (Wildman–Crippen LogP) is 1.25. The minimum absolute atomic E-state index is 1.04. The zero-order valence-electron chi connectivity index (χ0n) is 7.58.